The third-order valence-corrected chi connectivity index (χ3v) is 4.28. The quantitative estimate of drug-likeness (QED) is 0.684. The molecule has 0 aliphatic carbocycles. The van der Waals surface area contributed by atoms with Crippen molar-refractivity contribution in [2.24, 2.45) is 0 Å². The Hall–Kier alpha value is -3.34. The van der Waals surface area contributed by atoms with Crippen molar-refractivity contribution >= 4 is 17.3 Å². The Labute approximate surface area is 159 Å². The Kier molecular flexibility index (Phi) is 5.71. The van der Waals surface area contributed by atoms with E-state index in [1.807, 2.05) is 37.3 Å². The number of hydrogen-bond acceptors (Lipinski definition) is 4. The average Bonchev–Trinajstić information content (AvgIpc) is 2.69. The summed E-state index contributed by atoms with van der Waals surface area (Å²) in [7, 11) is 1.63. The van der Waals surface area contributed by atoms with Crippen LogP contribution in [0.4, 0.5) is 11.4 Å². The van der Waals surface area contributed by atoms with Gasteiger partial charge in [-0.1, -0.05) is 24.3 Å². The Morgan fingerprint density at radius 3 is 2.56 bits per heavy atom. The van der Waals surface area contributed by atoms with Crippen LogP contribution in [0.5, 0.6) is 5.75 Å². The summed E-state index contributed by atoms with van der Waals surface area (Å²) in [5.41, 5.74) is 5.53. The number of ether oxygens (including phenoxy) is 1. The molecule has 0 spiro atoms. The van der Waals surface area contributed by atoms with E-state index in [2.05, 4.69) is 40.7 Å². The molecule has 3 aromatic rings. The molecule has 0 fully saturated rings. The molecule has 1 aromatic heterocycles. The lowest BCUT2D eigenvalue weighted by Gasteiger charge is -2.11. The van der Waals surface area contributed by atoms with E-state index in [9.17, 15) is 4.79 Å². The van der Waals surface area contributed by atoms with Gasteiger partial charge in [-0.25, -0.2) is 0 Å². The molecule has 3 rings (SSSR count). The molecule has 0 aliphatic rings. The number of nitrogens with one attached hydrogen (secondary N) is 2. The third-order valence-electron chi connectivity index (χ3n) is 4.28. The van der Waals surface area contributed by atoms with Crippen molar-refractivity contribution in [3.63, 3.8) is 0 Å². The van der Waals surface area contributed by atoms with Crippen molar-refractivity contribution < 1.29 is 9.53 Å². The monoisotopic (exact) mass is 361 g/mol. The Bertz CT molecular complexity index is 937. The van der Waals surface area contributed by atoms with Gasteiger partial charge in [0.2, 0.25) is 0 Å². The summed E-state index contributed by atoms with van der Waals surface area (Å²) in [6, 6.07) is 17.4. The first-order chi connectivity index (χ1) is 13.0. The number of carbonyl (C=O) groups is 1. The van der Waals surface area contributed by atoms with Gasteiger partial charge in [0, 0.05) is 24.1 Å². The largest absolute Gasteiger partial charge is 0.497 e. The molecule has 0 radical (unpaired) electrons. The summed E-state index contributed by atoms with van der Waals surface area (Å²) in [5.74, 6) is 0.576. The Morgan fingerprint density at radius 2 is 1.81 bits per heavy atom. The van der Waals surface area contributed by atoms with Gasteiger partial charge in [0.05, 0.1) is 7.11 Å². The smallest absolute Gasteiger partial charge is 0.270 e. The van der Waals surface area contributed by atoms with Gasteiger partial charge in [0.1, 0.15) is 11.4 Å². The summed E-state index contributed by atoms with van der Waals surface area (Å²) < 4.78 is 5.14. The SMILES string of the molecule is COc1ccc(CNC(=O)c2cc(Nc3cc(C)ccc3C)ccn2)cc1. The molecule has 5 nitrogen and oxygen atoms in total. The van der Waals surface area contributed by atoms with Crippen LogP contribution in [-0.2, 0) is 6.54 Å². The first-order valence-electron chi connectivity index (χ1n) is 8.76. The number of nitrogens with zero attached hydrogens (tertiary/aromatic N) is 1. The fourth-order valence-corrected chi connectivity index (χ4v) is 2.67. The van der Waals surface area contributed by atoms with Crippen molar-refractivity contribution in [1.29, 1.82) is 0 Å². The molecule has 5 heteroatoms. The number of amides is 1. The number of aromatic nitrogens is 1. The summed E-state index contributed by atoms with van der Waals surface area (Å²) >= 11 is 0. The van der Waals surface area contributed by atoms with Crippen molar-refractivity contribution in [3.8, 4) is 5.75 Å². The molecule has 0 saturated heterocycles. The predicted molar refractivity (Wildman–Crippen MR) is 108 cm³/mol. The predicted octanol–water partition coefficient (Wildman–Crippen LogP) is 4.38. The number of pyridine rings is 1. The van der Waals surface area contributed by atoms with Gasteiger partial charge in [-0.2, -0.15) is 0 Å². The van der Waals surface area contributed by atoms with E-state index in [1.165, 1.54) is 5.56 Å². The van der Waals surface area contributed by atoms with Gasteiger partial charge in [-0.3, -0.25) is 9.78 Å². The van der Waals surface area contributed by atoms with Crippen molar-refractivity contribution in [2.75, 3.05) is 12.4 Å². The molecule has 27 heavy (non-hydrogen) atoms. The van der Waals surface area contributed by atoms with Crippen LogP contribution in [0, 0.1) is 13.8 Å². The molecule has 0 aliphatic heterocycles. The zero-order valence-electron chi connectivity index (χ0n) is 15.7. The molecule has 2 aromatic carbocycles. The van der Waals surface area contributed by atoms with Gasteiger partial charge >= 0.3 is 0 Å². The van der Waals surface area contributed by atoms with Gasteiger partial charge in [0.15, 0.2) is 0 Å². The van der Waals surface area contributed by atoms with Gasteiger partial charge in [-0.05, 0) is 60.9 Å². The standard InChI is InChI=1S/C22H23N3O2/c1-15-4-5-16(2)20(12-15)25-18-10-11-23-21(13-18)22(26)24-14-17-6-8-19(27-3)9-7-17/h4-13H,14H2,1-3H3,(H,23,25)(H,24,26). The van der Waals surface area contributed by atoms with Crippen LogP contribution in [0.15, 0.2) is 60.8 Å². The normalized spacial score (nSPS) is 10.3. The first-order valence-corrected chi connectivity index (χ1v) is 8.76. The molecule has 0 bridgehead atoms. The highest BCUT2D eigenvalue weighted by atomic mass is 16.5. The Balaban J connectivity index is 1.66. The lowest BCUT2D eigenvalue weighted by atomic mass is 10.1. The molecule has 2 N–H and O–H groups in total. The number of hydrogen-bond donors (Lipinski definition) is 2. The van der Waals surface area contributed by atoms with Crippen LogP contribution in [0.3, 0.4) is 0 Å². The molecular formula is C22H23N3O2. The first kappa shape index (κ1) is 18.5. The summed E-state index contributed by atoms with van der Waals surface area (Å²) in [4.78, 5) is 16.6. The number of carbonyl (C=O) groups excluding carboxylic acids is 1. The molecule has 0 unspecified atom stereocenters. The second-order valence-corrected chi connectivity index (χ2v) is 6.40. The highest BCUT2D eigenvalue weighted by molar-refractivity contribution is 5.93. The number of benzene rings is 2. The number of methoxy groups -OCH3 is 1. The van der Waals surface area contributed by atoms with E-state index in [0.717, 1.165) is 28.3 Å². The molecular weight excluding hydrogens is 338 g/mol. The van der Waals surface area contributed by atoms with Crippen molar-refractivity contribution in [3.05, 3.63) is 83.2 Å². The zero-order chi connectivity index (χ0) is 19.2. The van der Waals surface area contributed by atoms with Gasteiger partial charge in [-0.15, -0.1) is 0 Å². The highest BCUT2D eigenvalue weighted by Gasteiger charge is 2.09. The minimum absolute atomic E-state index is 0.213. The Morgan fingerprint density at radius 1 is 1.04 bits per heavy atom. The topological polar surface area (TPSA) is 63.2 Å². The number of aryl methyl sites for hydroxylation is 2. The number of rotatable bonds is 6. The van der Waals surface area contributed by atoms with Crippen LogP contribution in [0.25, 0.3) is 0 Å². The summed E-state index contributed by atoms with van der Waals surface area (Å²) in [6.45, 7) is 4.53. The maximum atomic E-state index is 12.4. The fraction of sp³-hybridized carbons (Fsp3) is 0.182. The molecule has 138 valence electrons. The second kappa shape index (κ2) is 8.36. The van der Waals surface area contributed by atoms with E-state index in [1.54, 1.807) is 19.4 Å². The van der Waals surface area contributed by atoms with Crippen LogP contribution >= 0.6 is 0 Å². The molecule has 0 atom stereocenters. The van der Waals surface area contributed by atoms with E-state index in [0.29, 0.717) is 12.2 Å². The maximum absolute atomic E-state index is 12.4. The molecule has 1 amide bonds. The fourth-order valence-electron chi connectivity index (χ4n) is 2.67. The molecule has 1 heterocycles. The summed E-state index contributed by atoms with van der Waals surface area (Å²) in [6.07, 6.45) is 1.63. The van der Waals surface area contributed by atoms with Crippen LogP contribution in [0.2, 0.25) is 0 Å². The van der Waals surface area contributed by atoms with Gasteiger partial charge < -0.3 is 15.4 Å². The van der Waals surface area contributed by atoms with Gasteiger partial charge in [0.25, 0.3) is 5.91 Å². The average molecular weight is 361 g/mol. The lowest BCUT2D eigenvalue weighted by molar-refractivity contribution is 0.0946. The highest BCUT2D eigenvalue weighted by Crippen LogP contribution is 2.22. The van der Waals surface area contributed by atoms with E-state index in [4.69, 9.17) is 4.74 Å². The minimum Gasteiger partial charge on any atom is -0.497 e. The number of anilines is 2. The van der Waals surface area contributed by atoms with Crippen molar-refractivity contribution in [2.45, 2.75) is 20.4 Å². The zero-order valence-corrected chi connectivity index (χ0v) is 15.7. The molecule has 0 saturated carbocycles. The van der Waals surface area contributed by atoms with Crippen LogP contribution in [-0.4, -0.2) is 18.0 Å². The second-order valence-electron chi connectivity index (χ2n) is 6.40. The van der Waals surface area contributed by atoms with Crippen molar-refractivity contribution in [1.82, 2.24) is 10.3 Å². The van der Waals surface area contributed by atoms with E-state index in [-0.39, 0.29) is 5.91 Å². The van der Waals surface area contributed by atoms with E-state index < -0.39 is 0 Å². The summed E-state index contributed by atoms with van der Waals surface area (Å²) in [5, 5.41) is 6.26. The minimum atomic E-state index is -0.213. The lowest BCUT2D eigenvalue weighted by Crippen LogP contribution is -2.23. The van der Waals surface area contributed by atoms with Crippen LogP contribution < -0.4 is 15.4 Å². The maximum Gasteiger partial charge on any atom is 0.270 e. The van der Waals surface area contributed by atoms with Crippen LogP contribution in [0.1, 0.15) is 27.2 Å². The third kappa shape index (κ3) is 4.85. The van der Waals surface area contributed by atoms with E-state index >= 15 is 0 Å².